The number of hydrogen-bond donors (Lipinski definition) is 2. The second kappa shape index (κ2) is 5.94. The van der Waals surface area contributed by atoms with E-state index in [-0.39, 0.29) is 20.7 Å². The van der Waals surface area contributed by atoms with Crippen molar-refractivity contribution in [2.75, 3.05) is 10.5 Å². The van der Waals surface area contributed by atoms with Gasteiger partial charge in [-0.2, -0.15) is 0 Å². The highest BCUT2D eigenvalue weighted by Crippen LogP contribution is 2.33. The van der Waals surface area contributed by atoms with Crippen molar-refractivity contribution in [2.45, 2.75) is 11.8 Å². The number of sulfonamides is 1. The zero-order valence-electron chi connectivity index (χ0n) is 10.8. The van der Waals surface area contributed by atoms with Crippen LogP contribution >= 0.6 is 31.9 Å². The van der Waals surface area contributed by atoms with E-state index < -0.39 is 15.8 Å². The third kappa shape index (κ3) is 3.56. The van der Waals surface area contributed by atoms with Gasteiger partial charge in [0.2, 0.25) is 0 Å². The molecule has 0 atom stereocenters. The SMILES string of the molecule is Cc1ccc(F)c(NS(=O)(=O)c2c(N)cc(Br)cc2Br)c1. The van der Waals surface area contributed by atoms with Crippen LogP contribution in [0.2, 0.25) is 0 Å². The summed E-state index contributed by atoms with van der Waals surface area (Å²) in [5.41, 5.74) is 6.42. The van der Waals surface area contributed by atoms with E-state index in [0.29, 0.717) is 4.47 Å². The molecule has 2 aromatic carbocycles. The summed E-state index contributed by atoms with van der Waals surface area (Å²) in [4.78, 5) is -0.133. The first-order valence-corrected chi connectivity index (χ1v) is 8.81. The molecule has 0 spiro atoms. The van der Waals surface area contributed by atoms with E-state index in [1.807, 2.05) is 0 Å². The molecule has 0 bridgehead atoms. The minimum absolute atomic E-state index is 0.0526. The topological polar surface area (TPSA) is 72.2 Å². The van der Waals surface area contributed by atoms with Gasteiger partial charge in [0.15, 0.2) is 0 Å². The normalized spacial score (nSPS) is 11.4. The second-order valence-corrected chi connectivity index (χ2v) is 7.78. The molecule has 0 saturated carbocycles. The van der Waals surface area contributed by atoms with Gasteiger partial charge in [-0.3, -0.25) is 4.72 Å². The lowest BCUT2D eigenvalue weighted by Gasteiger charge is -2.13. The molecule has 0 unspecified atom stereocenters. The van der Waals surface area contributed by atoms with Crippen LogP contribution in [0.3, 0.4) is 0 Å². The van der Waals surface area contributed by atoms with Gasteiger partial charge in [-0.15, -0.1) is 0 Å². The molecule has 0 aliphatic carbocycles. The molecule has 0 aromatic heterocycles. The maximum absolute atomic E-state index is 13.7. The van der Waals surface area contributed by atoms with E-state index in [4.69, 9.17) is 5.73 Å². The van der Waals surface area contributed by atoms with Crippen molar-refractivity contribution in [3.63, 3.8) is 0 Å². The van der Waals surface area contributed by atoms with Crippen LogP contribution in [0, 0.1) is 12.7 Å². The van der Waals surface area contributed by atoms with Crippen molar-refractivity contribution in [3.8, 4) is 0 Å². The Balaban J connectivity index is 2.51. The van der Waals surface area contributed by atoms with E-state index in [0.717, 1.165) is 5.56 Å². The number of nitrogen functional groups attached to an aromatic ring is 1. The van der Waals surface area contributed by atoms with Crippen LogP contribution in [-0.4, -0.2) is 8.42 Å². The third-order valence-electron chi connectivity index (χ3n) is 2.67. The Morgan fingerprint density at radius 1 is 1.19 bits per heavy atom. The van der Waals surface area contributed by atoms with Gasteiger partial charge >= 0.3 is 0 Å². The summed E-state index contributed by atoms with van der Waals surface area (Å²) in [6, 6.07) is 7.18. The van der Waals surface area contributed by atoms with E-state index >= 15 is 0 Å². The largest absolute Gasteiger partial charge is 0.398 e. The Morgan fingerprint density at radius 2 is 1.86 bits per heavy atom. The standard InChI is InChI=1S/C13H11Br2FN2O2S/c1-7-2-3-10(16)12(4-7)18-21(19,20)13-9(15)5-8(14)6-11(13)17/h2-6,18H,17H2,1H3. The van der Waals surface area contributed by atoms with Crippen LogP contribution in [0.5, 0.6) is 0 Å². The summed E-state index contributed by atoms with van der Waals surface area (Å²) in [5, 5.41) is 0. The van der Waals surface area contributed by atoms with Crippen molar-refractivity contribution in [1.82, 2.24) is 0 Å². The molecule has 112 valence electrons. The number of rotatable bonds is 3. The van der Waals surface area contributed by atoms with Gasteiger partial charge in [0, 0.05) is 8.95 Å². The molecule has 0 saturated heterocycles. The van der Waals surface area contributed by atoms with E-state index in [2.05, 4.69) is 36.6 Å². The number of nitrogens with two attached hydrogens (primary N) is 1. The molecule has 8 heteroatoms. The zero-order valence-corrected chi connectivity index (χ0v) is 14.8. The smallest absolute Gasteiger partial charge is 0.265 e. The molecule has 0 aliphatic rings. The first-order chi connectivity index (χ1) is 9.70. The molecule has 0 heterocycles. The Labute approximate surface area is 138 Å². The predicted octanol–water partition coefficient (Wildman–Crippen LogP) is 4.04. The minimum Gasteiger partial charge on any atom is -0.398 e. The highest BCUT2D eigenvalue weighted by atomic mass is 79.9. The molecule has 3 N–H and O–H groups in total. The van der Waals surface area contributed by atoms with Gasteiger partial charge in [0.1, 0.15) is 10.7 Å². The minimum atomic E-state index is -4.01. The van der Waals surface area contributed by atoms with Crippen molar-refractivity contribution in [3.05, 3.63) is 50.7 Å². The van der Waals surface area contributed by atoms with Crippen molar-refractivity contribution in [2.24, 2.45) is 0 Å². The van der Waals surface area contributed by atoms with Crippen LogP contribution in [0.4, 0.5) is 15.8 Å². The Morgan fingerprint density at radius 3 is 2.48 bits per heavy atom. The number of anilines is 2. The van der Waals surface area contributed by atoms with Gasteiger partial charge in [0.05, 0.1) is 11.4 Å². The Bertz CT molecular complexity index is 787. The average molecular weight is 438 g/mol. The van der Waals surface area contributed by atoms with Gasteiger partial charge in [-0.25, -0.2) is 12.8 Å². The van der Waals surface area contributed by atoms with Crippen molar-refractivity contribution in [1.29, 1.82) is 0 Å². The molecule has 2 aromatic rings. The summed E-state index contributed by atoms with van der Waals surface area (Å²) < 4.78 is 41.7. The molecule has 0 amide bonds. The number of benzene rings is 2. The second-order valence-electron chi connectivity index (χ2n) is 4.39. The van der Waals surface area contributed by atoms with Gasteiger partial charge < -0.3 is 5.73 Å². The van der Waals surface area contributed by atoms with E-state index in [9.17, 15) is 12.8 Å². The molecule has 0 aliphatic heterocycles. The average Bonchev–Trinajstić information content (AvgIpc) is 2.31. The van der Waals surface area contributed by atoms with E-state index in [1.54, 1.807) is 19.1 Å². The fraction of sp³-hybridized carbons (Fsp3) is 0.0769. The van der Waals surface area contributed by atoms with Crippen molar-refractivity contribution < 1.29 is 12.8 Å². The molecule has 0 fully saturated rings. The summed E-state index contributed by atoms with van der Waals surface area (Å²) in [6.45, 7) is 1.74. The molecular weight excluding hydrogens is 427 g/mol. The zero-order chi connectivity index (χ0) is 15.8. The Hall–Kier alpha value is -1.12. The van der Waals surface area contributed by atoms with E-state index in [1.165, 1.54) is 18.2 Å². The monoisotopic (exact) mass is 436 g/mol. The van der Waals surface area contributed by atoms with Crippen LogP contribution in [0.25, 0.3) is 0 Å². The first-order valence-electron chi connectivity index (χ1n) is 5.74. The van der Waals surface area contributed by atoms with Crippen LogP contribution in [0.1, 0.15) is 5.56 Å². The first kappa shape index (κ1) is 16.3. The fourth-order valence-electron chi connectivity index (χ4n) is 1.78. The maximum atomic E-state index is 13.7. The van der Waals surface area contributed by atoms with Gasteiger partial charge in [-0.1, -0.05) is 22.0 Å². The van der Waals surface area contributed by atoms with Crippen LogP contribution in [0.15, 0.2) is 44.2 Å². The molecular formula is C13H11Br2FN2O2S. The lowest BCUT2D eigenvalue weighted by molar-refractivity contribution is 0.598. The predicted molar refractivity (Wildman–Crippen MR) is 88.2 cm³/mol. The summed E-state index contributed by atoms with van der Waals surface area (Å²) in [6.07, 6.45) is 0. The number of halogens is 3. The summed E-state index contributed by atoms with van der Waals surface area (Å²) >= 11 is 6.37. The highest BCUT2D eigenvalue weighted by Gasteiger charge is 2.23. The summed E-state index contributed by atoms with van der Waals surface area (Å²) in [5.74, 6) is -0.656. The molecule has 21 heavy (non-hydrogen) atoms. The highest BCUT2D eigenvalue weighted by molar-refractivity contribution is 9.11. The summed E-state index contributed by atoms with van der Waals surface area (Å²) in [7, 11) is -4.01. The number of nitrogens with one attached hydrogen (secondary N) is 1. The maximum Gasteiger partial charge on any atom is 0.265 e. The van der Waals surface area contributed by atoms with Crippen LogP contribution in [-0.2, 0) is 10.0 Å². The van der Waals surface area contributed by atoms with Gasteiger partial charge in [-0.05, 0) is 52.7 Å². The lowest BCUT2D eigenvalue weighted by atomic mass is 10.2. The molecule has 0 radical (unpaired) electrons. The molecule has 2 rings (SSSR count). The Kier molecular flexibility index (Phi) is 4.60. The van der Waals surface area contributed by atoms with Gasteiger partial charge in [0.25, 0.3) is 10.0 Å². The lowest BCUT2D eigenvalue weighted by Crippen LogP contribution is -2.16. The molecule has 4 nitrogen and oxygen atoms in total. The quantitative estimate of drug-likeness (QED) is 0.711. The number of aryl methyl sites for hydroxylation is 1. The van der Waals surface area contributed by atoms with Crippen molar-refractivity contribution >= 4 is 53.3 Å². The van der Waals surface area contributed by atoms with Crippen LogP contribution < -0.4 is 10.5 Å². The fourth-order valence-corrected chi connectivity index (χ4v) is 4.91. The third-order valence-corrected chi connectivity index (χ3v) is 5.50. The number of hydrogen-bond acceptors (Lipinski definition) is 3.